The summed E-state index contributed by atoms with van der Waals surface area (Å²) in [6.07, 6.45) is 1.63. The van der Waals surface area contributed by atoms with E-state index in [1.165, 1.54) is 5.56 Å². The average molecular weight is 334 g/mol. The van der Waals surface area contributed by atoms with E-state index in [2.05, 4.69) is 56.6 Å². The van der Waals surface area contributed by atoms with E-state index >= 15 is 0 Å². The summed E-state index contributed by atoms with van der Waals surface area (Å²) in [6.45, 7) is 4.46. The van der Waals surface area contributed by atoms with Crippen LogP contribution in [-0.2, 0) is 4.74 Å². The predicted molar refractivity (Wildman–Crippen MR) is 99.6 cm³/mol. The van der Waals surface area contributed by atoms with Gasteiger partial charge in [-0.05, 0) is 17.7 Å². The lowest BCUT2D eigenvalue weighted by atomic mass is 10.1. The molecule has 1 fully saturated rings. The molecule has 0 amide bonds. The van der Waals surface area contributed by atoms with Gasteiger partial charge in [-0.3, -0.25) is 4.90 Å². The van der Waals surface area contributed by atoms with Gasteiger partial charge >= 0.3 is 0 Å². The Balaban J connectivity index is 1.63. The van der Waals surface area contributed by atoms with Crippen molar-refractivity contribution < 1.29 is 4.74 Å². The molecule has 5 heteroatoms. The normalized spacial score (nSPS) is 16.6. The van der Waals surface area contributed by atoms with Crippen molar-refractivity contribution in [2.45, 2.75) is 6.04 Å². The maximum Gasteiger partial charge on any atom is 0.137 e. The maximum atomic E-state index is 5.48. The molecule has 1 unspecified atom stereocenters. The number of ether oxygens (including phenoxy) is 1. The number of benzene rings is 2. The molecule has 3 aromatic rings. The fraction of sp³-hybridized carbons (Fsp3) is 0.300. The van der Waals surface area contributed by atoms with Crippen LogP contribution in [0.25, 0.3) is 10.9 Å². The smallest absolute Gasteiger partial charge is 0.137 e. The van der Waals surface area contributed by atoms with Crippen LogP contribution in [0.5, 0.6) is 0 Å². The van der Waals surface area contributed by atoms with Gasteiger partial charge in [-0.2, -0.15) is 0 Å². The molecule has 0 aliphatic carbocycles. The average Bonchev–Trinajstić information content (AvgIpc) is 2.69. The predicted octanol–water partition coefficient (Wildman–Crippen LogP) is 3.12. The number of morpholine rings is 1. The Morgan fingerprint density at radius 1 is 0.960 bits per heavy atom. The van der Waals surface area contributed by atoms with Gasteiger partial charge < -0.3 is 10.1 Å². The van der Waals surface area contributed by atoms with Crippen LogP contribution in [0.4, 0.5) is 5.82 Å². The van der Waals surface area contributed by atoms with Crippen molar-refractivity contribution in [1.82, 2.24) is 14.9 Å². The van der Waals surface area contributed by atoms with Gasteiger partial charge in [0.1, 0.15) is 12.1 Å². The lowest BCUT2D eigenvalue weighted by molar-refractivity contribution is 0.0361. The third-order valence-corrected chi connectivity index (χ3v) is 4.60. The Morgan fingerprint density at radius 2 is 1.72 bits per heavy atom. The van der Waals surface area contributed by atoms with Crippen LogP contribution in [0.1, 0.15) is 11.6 Å². The molecule has 0 spiro atoms. The summed E-state index contributed by atoms with van der Waals surface area (Å²) < 4.78 is 5.48. The van der Waals surface area contributed by atoms with Crippen molar-refractivity contribution in [2.24, 2.45) is 0 Å². The molecular weight excluding hydrogens is 312 g/mol. The molecule has 1 saturated heterocycles. The second-order valence-corrected chi connectivity index (χ2v) is 6.26. The first-order valence-electron chi connectivity index (χ1n) is 8.71. The summed E-state index contributed by atoms with van der Waals surface area (Å²) >= 11 is 0. The minimum Gasteiger partial charge on any atom is -0.379 e. The van der Waals surface area contributed by atoms with Crippen LogP contribution in [0.2, 0.25) is 0 Å². The number of aromatic nitrogens is 2. The van der Waals surface area contributed by atoms with Gasteiger partial charge in [-0.25, -0.2) is 9.97 Å². The van der Waals surface area contributed by atoms with Crippen molar-refractivity contribution in [2.75, 3.05) is 38.2 Å². The number of fused-ring (bicyclic) bond motifs is 1. The van der Waals surface area contributed by atoms with Crippen molar-refractivity contribution in [3.05, 3.63) is 66.5 Å². The molecule has 0 bridgehead atoms. The molecule has 1 aliphatic heterocycles. The summed E-state index contributed by atoms with van der Waals surface area (Å²) in [6, 6.07) is 18.8. The van der Waals surface area contributed by atoms with Crippen LogP contribution < -0.4 is 5.32 Å². The highest BCUT2D eigenvalue weighted by atomic mass is 16.5. The van der Waals surface area contributed by atoms with E-state index in [4.69, 9.17) is 4.74 Å². The Morgan fingerprint density at radius 3 is 2.56 bits per heavy atom. The third kappa shape index (κ3) is 3.78. The molecule has 0 saturated carbocycles. The molecular formula is C20H22N4O. The van der Waals surface area contributed by atoms with E-state index in [0.717, 1.165) is 49.6 Å². The second-order valence-electron chi connectivity index (χ2n) is 6.26. The van der Waals surface area contributed by atoms with E-state index < -0.39 is 0 Å². The van der Waals surface area contributed by atoms with Crippen LogP contribution in [0, 0.1) is 0 Å². The summed E-state index contributed by atoms with van der Waals surface area (Å²) in [5.74, 6) is 0.882. The highest BCUT2D eigenvalue weighted by molar-refractivity contribution is 5.88. The van der Waals surface area contributed by atoms with Gasteiger partial charge in [0.05, 0.1) is 24.8 Å². The Kier molecular flexibility index (Phi) is 4.86. The minimum atomic E-state index is 0.164. The van der Waals surface area contributed by atoms with E-state index in [9.17, 15) is 0 Å². The van der Waals surface area contributed by atoms with E-state index in [1.54, 1.807) is 6.33 Å². The van der Waals surface area contributed by atoms with Crippen LogP contribution >= 0.6 is 0 Å². The zero-order chi connectivity index (χ0) is 16.9. The lowest BCUT2D eigenvalue weighted by Crippen LogP contribution is -2.40. The van der Waals surface area contributed by atoms with Gasteiger partial charge in [0, 0.05) is 25.0 Å². The highest BCUT2D eigenvalue weighted by Gasteiger charge is 2.19. The van der Waals surface area contributed by atoms with Crippen molar-refractivity contribution in [3.63, 3.8) is 0 Å². The van der Waals surface area contributed by atoms with Gasteiger partial charge in [0.25, 0.3) is 0 Å². The van der Waals surface area contributed by atoms with Gasteiger partial charge in [-0.15, -0.1) is 0 Å². The van der Waals surface area contributed by atoms with Crippen molar-refractivity contribution >= 4 is 16.7 Å². The van der Waals surface area contributed by atoms with Crippen LogP contribution in [0.15, 0.2) is 60.9 Å². The Hall–Kier alpha value is -2.50. The zero-order valence-electron chi connectivity index (χ0n) is 14.1. The third-order valence-electron chi connectivity index (χ3n) is 4.60. The monoisotopic (exact) mass is 334 g/mol. The first-order valence-corrected chi connectivity index (χ1v) is 8.71. The van der Waals surface area contributed by atoms with E-state index in [1.807, 2.05) is 18.2 Å². The molecule has 1 aromatic heterocycles. The van der Waals surface area contributed by atoms with Crippen LogP contribution in [0.3, 0.4) is 0 Å². The number of nitrogens with zero attached hydrogens (tertiary/aromatic N) is 3. The number of hydrogen-bond donors (Lipinski definition) is 1. The minimum absolute atomic E-state index is 0.164. The number of hydrogen-bond acceptors (Lipinski definition) is 5. The standard InChI is InChI=1S/C20H22N4O/c1-2-6-16(7-3-1)19(14-24-10-12-25-13-11-24)23-20-17-8-4-5-9-18(17)21-15-22-20/h1-9,15,19H,10-14H2,(H,21,22,23). The molecule has 4 rings (SSSR count). The first-order chi connectivity index (χ1) is 12.4. The second kappa shape index (κ2) is 7.59. The van der Waals surface area contributed by atoms with Gasteiger partial charge in [-0.1, -0.05) is 42.5 Å². The summed E-state index contributed by atoms with van der Waals surface area (Å²) in [4.78, 5) is 11.3. The molecule has 5 nitrogen and oxygen atoms in total. The molecule has 1 aliphatic rings. The molecule has 25 heavy (non-hydrogen) atoms. The molecule has 1 N–H and O–H groups in total. The molecule has 2 heterocycles. The summed E-state index contributed by atoms with van der Waals surface area (Å²) in [5.41, 5.74) is 2.22. The topological polar surface area (TPSA) is 50.3 Å². The molecule has 128 valence electrons. The largest absolute Gasteiger partial charge is 0.379 e. The quantitative estimate of drug-likeness (QED) is 0.777. The Labute approximate surface area is 147 Å². The fourth-order valence-electron chi connectivity index (χ4n) is 3.25. The molecule has 0 radical (unpaired) electrons. The Bertz CT molecular complexity index is 813. The molecule has 2 aromatic carbocycles. The fourth-order valence-corrected chi connectivity index (χ4v) is 3.25. The lowest BCUT2D eigenvalue weighted by Gasteiger charge is -2.31. The summed E-state index contributed by atoms with van der Waals surface area (Å²) in [7, 11) is 0. The SMILES string of the molecule is c1ccc(C(CN2CCOCC2)Nc2ncnc3ccccc23)cc1. The molecule has 1 atom stereocenters. The number of rotatable bonds is 5. The maximum absolute atomic E-state index is 5.48. The van der Waals surface area contributed by atoms with Crippen molar-refractivity contribution in [3.8, 4) is 0 Å². The zero-order valence-corrected chi connectivity index (χ0v) is 14.1. The number of para-hydroxylation sites is 1. The van der Waals surface area contributed by atoms with Crippen molar-refractivity contribution in [1.29, 1.82) is 0 Å². The number of anilines is 1. The van der Waals surface area contributed by atoms with Crippen LogP contribution in [-0.4, -0.2) is 47.7 Å². The van der Waals surface area contributed by atoms with E-state index in [0.29, 0.717) is 0 Å². The highest BCUT2D eigenvalue weighted by Crippen LogP contribution is 2.25. The van der Waals surface area contributed by atoms with E-state index in [-0.39, 0.29) is 6.04 Å². The van der Waals surface area contributed by atoms with Gasteiger partial charge in [0.2, 0.25) is 0 Å². The summed E-state index contributed by atoms with van der Waals surface area (Å²) in [5, 5.41) is 4.70. The number of nitrogens with one attached hydrogen (secondary N) is 1. The van der Waals surface area contributed by atoms with Gasteiger partial charge in [0.15, 0.2) is 0 Å². The first kappa shape index (κ1) is 16.0.